The van der Waals surface area contributed by atoms with Gasteiger partial charge in [0.25, 0.3) is 5.91 Å². The second kappa shape index (κ2) is 17.2. The van der Waals surface area contributed by atoms with E-state index in [1.165, 1.54) is 18.2 Å². The summed E-state index contributed by atoms with van der Waals surface area (Å²) in [4.78, 5) is 55.0. The molecule has 0 fully saturated rings. The van der Waals surface area contributed by atoms with Gasteiger partial charge in [-0.15, -0.1) is 6.58 Å². The molecule has 4 amide bonds. The molecule has 0 saturated heterocycles. The van der Waals surface area contributed by atoms with E-state index in [4.69, 9.17) is 37.2 Å². The van der Waals surface area contributed by atoms with Crippen LogP contribution in [0.15, 0.2) is 71.2 Å². The van der Waals surface area contributed by atoms with Crippen LogP contribution in [0.5, 0.6) is 5.75 Å². The van der Waals surface area contributed by atoms with E-state index in [0.29, 0.717) is 23.5 Å². The van der Waals surface area contributed by atoms with Crippen molar-refractivity contribution in [2.24, 2.45) is 4.99 Å². The van der Waals surface area contributed by atoms with Gasteiger partial charge in [-0.25, -0.2) is 9.59 Å². The fraction of sp³-hybridized carbons (Fsp3) is 0.273. The van der Waals surface area contributed by atoms with Crippen LogP contribution in [0, 0.1) is 6.92 Å². The second-order valence-corrected chi connectivity index (χ2v) is 12.1. The first-order chi connectivity index (χ1) is 23.1. The highest BCUT2D eigenvalue weighted by molar-refractivity contribution is 6.40. The predicted octanol–water partition coefficient (Wildman–Crippen LogP) is 6.44. The zero-order chi connectivity index (χ0) is 36.3. The lowest BCUT2D eigenvalue weighted by atomic mass is 10.1. The van der Waals surface area contributed by atoms with Crippen LogP contribution in [0.1, 0.15) is 42.5 Å². The molecular formula is C33H36Cl2N6O8. The number of carboxylic acid groups (broad SMARTS) is 1. The summed E-state index contributed by atoms with van der Waals surface area (Å²) in [5.41, 5.74) is 0.527. The van der Waals surface area contributed by atoms with Crippen LogP contribution in [-0.4, -0.2) is 70.4 Å². The Bertz CT molecular complexity index is 1730. The minimum Gasteiger partial charge on any atom is -0.490 e. The number of hydrogen-bond donors (Lipinski definition) is 4. The number of carbonyl (C=O) groups excluding carboxylic acids is 3. The Balaban J connectivity index is 1.86. The number of ether oxygens (including phenoxy) is 2. The van der Waals surface area contributed by atoms with Crippen LogP contribution >= 0.6 is 23.2 Å². The predicted molar refractivity (Wildman–Crippen MR) is 185 cm³/mol. The van der Waals surface area contributed by atoms with Gasteiger partial charge in [0, 0.05) is 18.7 Å². The van der Waals surface area contributed by atoms with Crippen LogP contribution in [0.2, 0.25) is 10.0 Å². The average molecular weight is 716 g/mol. The third-order valence-electron chi connectivity index (χ3n) is 6.19. The molecular weight excluding hydrogens is 679 g/mol. The largest absolute Gasteiger partial charge is 0.490 e. The Kier molecular flexibility index (Phi) is 13.4. The Hall–Kier alpha value is -5.34. The summed E-state index contributed by atoms with van der Waals surface area (Å²) in [6.45, 7) is 13.4. The van der Waals surface area contributed by atoms with Gasteiger partial charge >= 0.3 is 12.2 Å². The fourth-order valence-corrected chi connectivity index (χ4v) is 4.73. The maximum Gasteiger partial charge on any atom is 0.414 e. The summed E-state index contributed by atoms with van der Waals surface area (Å²) in [5.74, 6) is -0.931. The zero-order valence-corrected chi connectivity index (χ0v) is 28.8. The molecule has 0 atom stereocenters. The molecule has 0 aliphatic heterocycles. The van der Waals surface area contributed by atoms with Gasteiger partial charge in [-0.1, -0.05) is 47.1 Å². The number of amides is 4. The van der Waals surface area contributed by atoms with Gasteiger partial charge in [0.05, 0.1) is 15.7 Å². The number of halogens is 2. The number of anilines is 1. The highest BCUT2D eigenvalue weighted by Gasteiger charge is 2.24. The van der Waals surface area contributed by atoms with Gasteiger partial charge in [0.15, 0.2) is 0 Å². The quantitative estimate of drug-likeness (QED) is 0.0925. The van der Waals surface area contributed by atoms with Crippen molar-refractivity contribution >= 4 is 58.8 Å². The molecule has 0 spiro atoms. The summed E-state index contributed by atoms with van der Waals surface area (Å²) in [6.07, 6.45) is 0.774. The molecule has 260 valence electrons. The molecule has 0 aliphatic carbocycles. The molecule has 0 radical (unpaired) electrons. The maximum atomic E-state index is 13.5. The minimum absolute atomic E-state index is 0.0450. The third kappa shape index (κ3) is 11.4. The maximum absolute atomic E-state index is 13.5. The van der Waals surface area contributed by atoms with Gasteiger partial charge in [0.1, 0.15) is 41.5 Å². The summed E-state index contributed by atoms with van der Waals surface area (Å²) in [5, 5.41) is 21.2. The first-order valence-electron chi connectivity index (χ1n) is 14.7. The van der Waals surface area contributed by atoms with Crippen molar-refractivity contribution in [3.05, 3.63) is 88.6 Å². The van der Waals surface area contributed by atoms with Gasteiger partial charge in [0.2, 0.25) is 11.9 Å². The Labute approximate surface area is 292 Å². The van der Waals surface area contributed by atoms with Crippen molar-refractivity contribution in [2.75, 3.05) is 25.0 Å². The average Bonchev–Trinajstić information content (AvgIpc) is 3.40. The SMILES string of the molecule is C=CCOc1ccc(-c2noc(C)c2C(=O)/N=C(/NCc2cc(Cl)c(NC(=O)CN(CC=C)C(=O)O)c(Cl)c2)NC(=O)OC(C)(C)C)cc1. The van der Waals surface area contributed by atoms with Crippen LogP contribution in [0.3, 0.4) is 0 Å². The zero-order valence-electron chi connectivity index (χ0n) is 27.3. The lowest BCUT2D eigenvalue weighted by Gasteiger charge is -2.20. The topological polar surface area (TPSA) is 185 Å². The van der Waals surface area contributed by atoms with E-state index in [1.807, 2.05) is 0 Å². The van der Waals surface area contributed by atoms with Gasteiger partial charge in [-0.3, -0.25) is 19.8 Å². The van der Waals surface area contributed by atoms with Crippen molar-refractivity contribution in [2.45, 2.75) is 39.8 Å². The molecule has 1 heterocycles. The molecule has 14 nitrogen and oxygen atoms in total. The summed E-state index contributed by atoms with van der Waals surface area (Å²) >= 11 is 12.8. The van der Waals surface area contributed by atoms with Gasteiger partial charge in [-0.2, -0.15) is 4.99 Å². The Morgan fingerprint density at radius 2 is 1.73 bits per heavy atom. The molecule has 0 bridgehead atoms. The molecule has 16 heteroatoms. The smallest absolute Gasteiger partial charge is 0.414 e. The normalized spacial score (nSPS) is 11.3. The van der Waals surface area contributed by atoms with Crippen LogP contribution in [0.4, 0.5) is 15.3 Å². The highest BCUT2D eigenvalue weighted by atomic mass is 35.5. The van der Waals surface area contributed by atoms with E-state index in [2.05, 4.69) is 39.3 Å². The lowest BCUT2D eigenvalue weighted by Crippen LogP contribution is -2.43. The number of rotatable bonds is 12. The molecule has 1 aromatic heterocycles. The molecule has 49 heavy (non-hydrogen) atoms. The number of aliphatic imine (C=N–C) groups is 1. The molecule has 3 aromatic rings. The van der Waals surface area contributed by atoms with Crippen molar-refractivity contribution in [3.63, 3.8) is 0 Å². The van der Waals surface area contributed by atoms with Crippen molar-refractivity contribution < 1.29 is 38.3 Å². The summed E-state index contributed by atoms with van der Waals surface area (Å²) < 4.78 is 16.2. The number of nitrogens with zero attached hydrogens (tertiary/aromatic N) is 3. The van der Waals surface area contributed by atoms with E-state index in [9.17, 15) is 24.3 Å². The lowest BCUT2D eigenvalue weighted by molar-refractivity contribution is -0.116. The van der Waals surface area contributed by atoms with E-state index >= 15 is 0 Å². The monoisotopic (exact) mass is 714 g/mol. The fourth-order valence-electron chi connectivity index (χ4n) is 4.11. The molecule has 0 unspecified atom stereocenters. The second-order valence-electron chi connectivity index (χ2n) is 11.3. The number of guanidine groups is 1. The third-order valence-corrected chi connectivity index (χ3v) is 6.78. The molecule has 4 N–H and O–H groups in total. The number of aromatic nitrogens is 1. The molecule has 0 saturated carbocycles. The van der Waals surface area contributed by atoms with E-state index in [1.54, 1.807) is 58.0 Å². The number of benzene rings is 2. The number of hydrogen-bond acceptors (Lipinski definition) is 8. The number of alkyl carbamates (subject to hydrolysis) is 1. The molecule has 0 aliphatic rings. The van der Waals surface area contributed by atoms with Crippen molar-refractivity contribution in [3.8, 4) is 17.0 Å². The minimum atomic E-state index is -1.30. The van der Waals surface area contributed by atoms with Crippen LogP contribution in [-0.2, 0) is 16.1 Å². The van der Waals surface area contributed by atoms with Crippen LogP contribution < -0.4 is 20.7 Å². The standard InChI is InChI=1S/C33H36Cl2N6O8/c1-7-13-41(32(45)46)18-25(42)37-28-23(34)15-20(16-24(28)35)17-36-30(39-31(44)48-33(4,5)6)38-29(43)26-19(3)49-40-27(26)21-9-11-22(12-10-21)47-14-8-2/h7-12,15-16H,1-2,13-14,17-18H2,3-6H3,(H,37,42)(H,45,46)(H2,36,38,39,43,44). The van der Waals surface area contributed by atoms with Gasteiger partial charge < -0.3 is 29.7 Å². The molecule has 2 aromatic carbocycles. The Morgan fingerprint density at radius 3 is 2.31 bits per heavy atom. The Morgan fingerprint density at radius 1 is 1.08 bits per heavy atom. The first kappa shape index (κ1) is 38.1. The summed E-state index contributed by atoms with van der Waals surface area (Å²) in [7, 11) is 0. The van der Waals surface area contributed by atoms with Crippen molar-refractivity contribution in [1.82, 2.24) is 20.7 Å². The van der Waals surface area contributed by atoms with Gasteiger partial charge in [-0.05, 0) is 69.7 Å². The summed E-state index contributed by atoms with van der Waals surface area (Å²) in [6, 6.07) is 9.78. The number of nitrogens with one attached hydrogen (secondary N) is 3. The van der Waals surface area contributed by atoms with Crippen molar-refractivity contribution in [1.29, 1.82) is 0 Å². The highest BCUT2D eigenvalue weighted by Crippen LogP contribution is 2.32. The van der Waals surface area contributed by atoms with Crippen LogP contribution in [0.25, 0.3) is 11.3 Å². The van der Waals surface area contributed by atoms with E-state index < -0.39 is 36.1 Å². The first-order valence-corrected chi connectivity index (χ1v) is 15.4. The number of aryl methyl sites for hydroxylation is 1. The molecule has 3 rings (SSSR count). The van der Waals surface area contributed by atoms with E-state index in [0.717, 1.165) is 4.90 Å². The van der Waals surface area contributed by atoms with E-state index in [-0.39, 0.29) is 51.8 Å². The number of carbonyl (C=O) groups is 4.